The van der Waals surface area contributed by atoms with Crippen molar-refractivity contribution in [1.29, 1.82) is 0 Å². The highest BCUT2D eigenvalue weighted by molar-refractivity contribution is 5.87. The monoisotopic (exact) mass is 248 g/mol. The second kappa shape index (κ2) is 4.60. The highest BCUT2D eigenvalue weighted by atomic mass is 19.4. The first-order valence-electron chi connectivity index (χ1n) is 4.64. The predicted octanol–water partition coefficient (Wildman–Crippen LogP) is 1.93. The van der Waals surface area contributed by atoms with E-state index < -0.39 is 17.8 Å². The third kappa shape index (κ3) is 2.86. The Bertz CT molecular complexity index is 461. The van der Waals surface area contributed by atoms with E-state index in [1.807, 2.05) is 0 Å². The molecule has 0 N–H and O–H groups in total. The molecule has 0 saturated heterocycles. The van der Waals surface area contributed by atoms with Crippen molar-refractivity contribution in [2.45, 2.75) is 13.1 Å². The summed E-state index contributed by atoms with van der Waals surface area (Å²) >= 11 is 0. The summed E-state index contributed by atoms with van der Waals surface area (Å²) < 4.78 is 43.3. The van der Waals surface area contributed by atoms with Crippen molar-refractivity contribution in [2.75, 3.05) is 7.11 Å². The normalized spacial score (nSPS) is 12.1. The van der Waals surface area contributed by atoms with E-state index in [0.717, 1.165) is 23.9 Å². The lowest BCUT2D eigenvalue weighted by Gasteiger charge is -2.03. The van der Waals surface area contributed by atoms with Crippen LogP contribution in [0.1, 0.15) is 17.0 Å². The molecule has 0 aliphatic carbocycles. The lowest BCUT2D eigenvalue weighted by molar-refractivity contribution is -0.141. The molecular weight excluding hydrogens is 237 g/mol. The zero-order valence-electron chi connectivity index (χ0n) is 9.50. The number of halogens is 3. The fourth-order valence-corrected chi connectivity index (χ4v) is 1.25. The van der Waals surface area contributed by atoms with Gasteiger partial charge in [-0.15, -0.1) is 0 Å². The van der Waals surface area contributed by atoms with Crippen molar-refractivity contribution >= 4 is 12.0 Å². The smallest absolute Gasteiger partial charge is 0.435 e. The van der Waals surface area contributed by atoms with Crippen molar-refractivity contribution < 1.29 is 22.7 Å². The number of carbonyl (C=O) groups is 1. The summed E-state index contributed by atoms with van der Waals surface area (Å²) in [5, 5.41) is 3.37. The standard InChI is InChI=1S/C10H11F3N2O2/c1-6-7(4-5-8(16)17-3)9(10(11,12)13)14-15(6)2/h4-5H,1-3H3. The van der Waals surface area contributed by atoms with Gasteiger partial charge in [-0.2, -0.15) is 18.3 Å². The van der Waals surface area contributed by atoms with Gasteiger partial charge in [0.05, 0.1) is 7.11 Å². The first-order chi connectivity index (χ1) is 7.77. The van der Waals surface area contributed by atoms with Gasteiger partial charge in [0.2, 0.25) is 0 Å². The predicted molar refractivity (Wildman–Crippen MR) is 54.0 cm³/mol. The topological polar surface area (TPSA) is 44.1 Å². The Morgan fingerprint density at radius 3 is 2.53 bits per heavy atom. The molecule has 1 heterocycles. The SMILES string of the molecule is COC(=O)C=Cc1c(C(F)(F)F)nn(C)c1C. The number of carbonyl (C=O) groups excluding carboxylic acids is 1. The van der Waals surface area contributed by atoms with E-state index in [9.17, 15) is 18.0 Å². The van der Waals surface area contributed by atoms with Crippen LogP contribution in [0.25, 0.3) is 6.08 Å². The Kier molecular flexibility index (Phi) is 3.59. The molecule has 0 aliphatic rings. The average Bonchev–Trinajstić information content (AvgIpc) is 2.52. The Morgan fingerprint density at radius 2 is 2.06 bits per heavy atom. The molecule has 0 aliphatic heterocycles. The molecule has 94 valence electrons. The summed E-state index contributed by atoms with van der Waals surface area (Å²) in [4.78, 5) is 10.8. The first-order valence-corrected chi connectivity index (χ1v) is 4.64. The summed E-state index contributed by atoms with van der Waals surface area (Å²) in [5.74, 6) is -0.721. The Morgan fingerprint density at radius 1 is 1.47 bits per heavy atom. The minimum Gasteiger partial charge on any atom is -0.466 e. The molecule has 4 nitrogen and oxygen atoms in total. The Hall–Kier alpha value is -1.79. The Labute approximate surface area is 95.7 Å². The number of alkyl halides is 3. The molecule has 7 heteroatoms. The molecule has 0 aromatic carbocycles. The fourth-order valence-electron chi connectivity index (χ4n) is 1.25. The van der Waals surface area contributed by atoms with Crippen molar-refractivity contribution in [3.05, 3.63) is 23.0 Å². The summed E-state index contributed by atoms with van der Waals surface area (Å²) in [6.07, 6.45) is -2.57. The zero-order chi connectivity index (χ0) is 13.2. The molecule has 1 rings (SSSR count). The molecule has 1 aromatic heterocycles. The molecule has 0 spiro atoms. The lowest BCUT2D eigenvalue weighted by atomic mass is 10.1. The van der Waals surface area contributed by atoms with Crippen LogP contribution in [-0.4, -0.2) is 22.9 Å². The van der Waals surface area contributed by atoms with Gasteiger partial charge in [-0.05, 0) is 13.0 Å². The Balaban J connectivity index is 3.22. The number of nitrogens with zero attached hydrogens (tertiary/aromatic N) is 2. The largest absolute Gasteiger partial charge is 0.466 e. The maximum absolute atomic E-state index is 12.6. The molecule has 0 fully saturated rings. The van der Waals surface area contributed by atoms with Crippen LogP contribution in [0.3, 0.4) is 0 Å². The number of ether oxygens (including phenoxy) is 1. The van der Waals surface area contributed by atoms with Gasteiger partial charge in [0.1, 0.15) is 0 Å². The number of aromatic nitrogens is 2. The highest BCUT2D eigenvalue weighted by Gasteiger charge is 2.37. The quantitative estimate of drug-likeness (QED) is 0.593. The fraction of sp³-hybridized carbons (Fsp3) is 0.400. The highest BCUT2D eigenvalue weighted by Crippen LogP contribution is 2.32. The number of esters is 1. The maximum Gasteiger partial charge on any atom is 0.435 e. The van der Waals surface area contributed by atoms with E-state index in [0.29, 0.717) is 5.69 Å². The van der Waals surface area contributed by atoms with E-state index >= 15 is 0 Å². The van der Waals surface area contributed by atoms with Gasteiger partial charge in [-0.1, -0.05) is 0 Å². The summed E-state index contributed by atoms with van der Waals surface area (Å²) in [6, 6.07) is 0. The van der Waals surface area contributed by atoms with Crippen LogP contribution < -0.4 is 0 Å². The maximum atomic E-state index is 12.6. The number of aryl methyl sites for hydroxylation is 1. The average molecular weight is 248 g/mol. The molecule has 0 atom stereocenters. The van der Waals surface area contributed by atoms with Crippen LogP contribution >= 0.6 is 0 Å². The third-order valence-corrected chi connectivity index (χ3v) is 2.24. The zero-order valence-corrected chi connectivity index (χ0v) is 9.50. The van der Waals surface area contributed by atoms with Gasteiger partial charge in [-0.25, -0.2) is 4.79 Å². The van der Waals surface area contributed by atoms with E-state index in [1.54, 1.807) is 0 Å². The lowest BCUT2D eigenvalue weighted by Crippen LogP contribution is -2.08. The van der Waals surface area contributed by atoms with E-state index in [-0.39, 0.29) is 5.56 Å². The van der Waals surface area contributed by atoms with E-state index in [1.165, 1.54) is 14.0 Å². The first kappa shape index (κ1) is 13.3. The van der Waals surface area contributed by atoms with Gasteiger partial charge in [-0.3, -0.25) is 4.68 Å². The second-order valence-corrected chi connectivity index (χ2v) is 3.33. The number of methoxy groups -OCH3 is 1. The van der Waals surface area contributed by atoms with Gasteiger partial charge in [0.25, 0.3) is 0 Å². The van der Waals surface area contributed by atoms with Crippen LogP contribution in [0.4, 0.5) is 13.2 Å². The van der Waals surface area contributed by atoms with E-state index in [2.05, 4.69) is 9.84 Å². The van der Waals surface area contributed by atoms with Crippen LogP contribution in [-0.2, 0) is 22.8 Å². The van der Waals surface area contributed by atoms with Crippen LogP contribution in [0, 0.1) is 6.92 Å². The molecule has 0 amide bonds. The molecule has 0 bridgehead atoms. The van der Waals surface area contributed by atoms with Gasteiger partial charge in [0.15, 0.2) is 5.69 Å². The van der Waals surface area contributed by atoms with Crippen molar-refractivity contribution in [3.8, 4) is 0 Å². The molecule has 17 heavy (non-hydrogen) atoms. The molecular formula is C10H11F3N2O2. The van der Waals surface area contributed by atoms with Crippen molar-refractivity contribution in [3.63, 3.8) is 0 Å². The molecule has 0 saturated carbocycles. The minimum atomic E-state index is -4.55. The van der Waals surface area contributed by atoms with Crippen LogP contribution in [0.2, 0.25) is 0 Å². The number of hydrogen-bond acceptors (Lipinski definition) is 3. The van der Waals surface area contributed by atoms with Crippen LogP contribution in [0.5, 0.6) is 0 Å². The van der Waals surface area contributed by atoms with Crippen molar-refractivity contribution in [2.24, 2.45) is 7.05 Å². The molecule has 0 radical (unpaired) electrons. The summed E-state index contributed by atoms with van der Waals surface area (Å²) in [6.45, 7) is 1.49. The number of rotatable bonds is 2. The number of hydrogen-bond donors (Lipinski definition) is 0. The van der Waals surface area contributed by atoms with Crippen molar-refractivity contribution in [1.82, 2.24) is 9.78 Å². The minimum absolute atomic E-state index is 0.134. The van der Waals surface area contributed by atoms with Gasteiger partial charge in [0, 0.05) is 24.4 Å². The van der Waals surface area contributed by atoms with Gasteiger partial charge < -0.3 is 4.74 Å². The molecule has 1 aromatic rings. The second-order valence-electron chi connectivity index (χ2n) is 3.33. The summed E-state index contributed by atoms with van der Waals surface area (Å²) in [7, 11) is 2.55. The molecule has 0 unspecified atom stereocenters. The van der Waals surface area contributed by atoms with Crippen LogP contribution in [0.15, 0.2) is 6.08 Å². The van der Waals surface area contributed by atoms with E-state index in [4.69, 9.17) is 0 Å². The third-order valence-electron chi connectivity index (χ3n) is 2.24. The van der Waals surface area contributed by atoms with Gasteiger partial charge >= 0.3 is 12.1 Å². The summed E-state index contributed by atoms with van der Waals surface area (Å²) in [5.41, 5.74) is -0.833.